The van der Waals surface area contributed by atoms with E-state index in [2.05, 4.69) is 42.3 Å². The molecule has 116 valence electrons. The first-order chi connectivity index (χ1) is 10.3. The number of likely N-dealkylation sites (N-methyl/N-ethyl adjacent to an activating group) is 1. The molecule has 0 aliphatic carbocycles. The van der Waals surface area contributed by atoms with Crippen molar-refractivity contribution in [2.45, 2.75) is 45.6 Å². The van der Waals surface area contributed by atoms with Gasteiger partial charge < -0.3 is 15.0 Å². The molecule has 0 saturated carbocycles. The molecule has 1 aromatic carbocycles. The Morgan fingerprint density at radius 1 is 1.33 bits per heavy atom. The van der Waals surface area contributed by atoms with Gasteiger partial charge in [-0.25, -0.2) is 0 Å². The topological polar surface area (TPSA) is 24.5 Å². The minimum atomic E-state index is 0.339. The van der Waals surface area contributed by atoms with Crippen LogP contribution in [0.1, 0.15) is 38.7 Å². The summed E-state index contributed by atoms with van der Waals surface area (Å²) in [5.41, 5.74) is 2.75. The third-order valence-corrected chi connectivity index (χ3v) is 4.84. The lowest BCUT2D eigenvalue weighted by atomic mass is 9.92. The summed E-state index contributed by atoms with van der Waals surface area (Å²) in [4.78, 5) is 2.47. The van der Waals surface area contributed by atoms with Crippen molar-refractivity contribution >= 4 is 5.69 Å². The molecule has 3 nitrogen and oxygen atoms in total. The van der Waals surface area contributed by atoms with Gasteiger partial charge in [-0.2, -0.15) is 0 Å². The van der Waals surface area contributed by atoms with Crippen LogP contribution in [0.15, 0.2) is 18.2 Å². The van der Waals surface area contributed by atoms with Crippen molar-refractivity contribution in [3.05, 3.63) is 23.8 Å². The number of piperidine rings is 1. The van der Waals surface area contributed by atoms with Crippen LogP contribution in [0.4, 0.5) is 5.69 Å². The van der Waals surface area contributed by atoms with Gasteiger partial charge in [0.25, 0.3) is 0 Å². The minimum absolute atomic E-state index is 0.339. The number of anilines is 1. The molecule has 0 aromatic heterocycles. The van der Waals surface area contributed by atoms with Gasteiger partial charge >= 0.3 is 0 Å². The molecule has 0 spiro atoms. The van der Waals surface area contributed by atoms with Crippen LogP contribution in [0.5, 0.6) is 5.75 Å². The van der Waals surface area contributed by atoms with E-state index in [1.807, 2.05) is 0 Å². The summed E-state index contributed by atoms with van der Waals surface area (Å²) in [7, 11) is 0. The largest absolute Gasteiger partial charge is 0.486 e. The second-order valence-electron chi connectivity index (χ2n) is 6.41. The average molecular weight is 288 g/mol. The summed E-state index contributed by atoms with van der Waals surface area (Å²) >= 11 is 0. The number of benzene rings is 1. The van der Waals surface area contributed by atoms with Crippen LogP contribution in [0.3, 0.4) is 0 Å². The quantitative estimate of drug-likeness (QED) is 0.920. The summed E-state index contributed by atoms with van der Waals surface area (Å²) in [5.74, 6) is 1.86. The maximum atomic E-state index is 6.10. The lowest BCUT2D eigenvalue weighted by Gasteiger charge is -2.36. The molecule has 1 saturated heterocycles. The number of nitrogens with one attached hydrogen (secondary N) is 1. The maximum absolute atomic E-state index is 6.10. The fourth-order valence-electron chi connectivity index (χ4n) is 3.54. The Morgan fingerprint density at radius 3 is 2.95 bits per heavy atom. The summed E-state index contributed by atoms with van der Waals surface area (Å²) in [5, 5.41) is 3.52. The van der Waals surface area contributed by atoms with Gasteiger partial charge in [-0.05, 0) is 69.3 Å². The van der Waals surface area contributed by atoms with Crippen LogP contribution in [-0.2, 0) is 6.42 Å². The van der Waals surface area contributed by atoms with Crippen molar-refractivity contribution < 1.29 is 4.74 Å². The molecule has 0 bridgehead atoms. The zero-order valence-corrected chi connectivity index (χ0v) is 13.4. The highest BCUT2D eigenvalue weighted by atomic mass is 16.5. The molecule has 2 aliphatic heterocycles. The van der Waals surface area contributed by atoms with Crippen molar-refractivity contribution in [3.63, 3.8) is 0 Å². The van der Waals surface area contributed by atoms with Crippen molar-refractivity contribution in [1.29, 1.82) is 0 Å². The van der Waals surface area contributed by atoms with Gasteiger partial charge in [0, 0.05) is 6.54 Å². The molecule has 2 heterocycles. The van der Waals surface area contributed by atoms with Crippen molar-refractivity contribution in [2.24, 2.45) is 5.92 Å². The van der Waals surface area contributed by atoms with Gasteiger partial charge in [-0.15, -0.1) is 0 Å². The smallest absolute Gasteiger partial charge is 0.143 e. The Balaban J connectivity index is 1.76. The number of fused-ring (bicyclic) bond motifs is 1. The molecule has 1 N–H and O–H groups in total. The molecule has 0 amide bonds. The van der Waals surface area contributed by atoms with Crippen molar-refractivity contribution in [3.8, 4) is 5.75 Å². The fourth-order valence-corrected chi connectivity index (χ4v) is 3.54. The molecule has 1 fully saturated rings. The third kappa shape index (κ3) is 3.34. The van der Waals surface area contributed by atoms with E-state index >= 15 is 0 Å². The second-order valence-corrected chi connectivity index (χ2v) is 6.41. The lowest BCUT2D eigenvalue weighted by Crippen LogP contribution is -2.39. The Hall–Kier alpha value is -1.22. The second kappa shape index (κ2) is 6.69. The molecule has 3 rings (SSSR count). The average Bonchev–Trinajstić information content (AvgIpc) is 2.54. The lowest BCUT2D eigenvalue weighted by molar-refractivity contribution is 0.189. The summed E-state index contributed by atoms with van der Waals surface area (Å²) in [6, 6.07) is 6.81. The number of hydrogen-bond donors (Lipinski definition) is 1. The van der Waals surface area contributed by atoms with Gasteiger partial charge in [0.1, 0.15) is 11.9 Å². The molecule has 0 radical (unpaired) electrons. The van der Waals surface area contributed by atoms with E-state index in [9.17, 15) is 0 Å². The maximum Gasteiger partial charge on any atom is 0.143 e. The Bertz CT molecular complexity index is 468. The van der Waals surface area contributed by atoms with Gasteiger partial charge in [-0.3, -0.25) is 0 Å². The molecular formula is C18H28N2O. The number of ether oxygens (including phenoxy) is 1. The highest BCUT2D eigenvalue weighted by molar-refractivity contribution is 5.61. The Labute approximate surface area is 128 Å². The van der Waals surface area contributed by atoms with E-state index in [0.717, 1.165) is 31.2 Å². The number of rotatable bonds is 4. The zero-order chi connectivity index (χ0) is 14.7. The highest BCUT2D eigenvalue weighted by Gasteiger charge is 2.24. The Morgan fingerprint density at radius 2 is 2.24 bits per heavy atom. The highest BCUT2D eigenvalue weighted by Crippen LogP contribution is 2.35. The Kier molecular flexibility index (Phi) is 4.69. The van der Waals surface area contributed by atoms with Crippen LogP contribution in [-0.4, -0.2) is 32.3 Å². The SMILES string of the molecule is CCC1CN(CC)c2cc(CC3CCCNC3)ccc2O1. The molecule has 2 unspecified atom stereocenters. The summed E-state index contributed by atoms with van der Waals surface area (Å²) in [6.45, 7) is 8.88. The zero-order valence-electron chi connectivity index (χ0n) is 13.4. The van der Waals surface area contributed by atoms with E-state index < -0.39 is 0 Å². The van der Waals surface area contributed by atoms with Crippen LogP contribution < -0.4 is 15.0 Å². The minimum Gasteiger partial charge on any atom is -0.486 e. The van der Waals surface area contributed by atoms with E-state index in [1.54, 1.807) is 0 Å². The number of hydrogen-bond acceptors (Lipinski definition) is 3. The van der Waals surface area contributed by atoms with Crippen LogP contribution in [0.25, 0.3) is 0 Å². The standard InChI is InChI=1S/C18H28N2O/c1-3-16-13-20(4-2)17-11-14(7-8-18(17)21-16)10-15-6-5-9-19-12-15/h7-8,11,15-16,19H,3-6,9-10,12-13H2,1-2H3. The third-order valence-electron chi connectivity index (χ3n) is 4.84. The monoisotopic (exact) mass is 288 g/mol. The van der Waals surface area contributed by atoms with Gasteiger partial charge in [0.2, 0.25) is 0 Å². The number of nitrogens with zero attached hydrogens (tertiary/aromatic N) is 1. The fraction of sp³-hybridized carbons (Fsp3) is 0.667. The molecule has 21 heavy (non-hydrogen) atoms. The molecule has 2 aliphatic rings. The molecular weight excluding hydrogens is 260 g/mol. The van der Waals surface area contributed by atoms with E-state index in [0.29, 0.717) is 6.10 Å². The van der Waals surface area contributed by atoms with E-state index in [-0.39, 0.29) is 0 Å². The summed E-state index contributed by atoms with van der Waals surface area (Å²) in [6.07, 6.45) is 5.28. The van der Waals surface area contributed by atoms with Gasteiger partial charge in [0.15, 0.2) is 0 Å². The first-order valence-corrected chi connectivity index (χ1v) is 8.55. The van der Waals surface area contributed by atoms with E-state index in [1.165, 1.54) is 43.6 Å². The van der Waals surface area contributed by atoms with Crippen LogP contribution >= 0.6 is 0 Å². The first kappa shape index (κ1) is 14.7. The van der Waals surface area contributed by atoms with Crippen LogP contribution in [0.2, 0.25) is 0 Å². The molecule has 1 aromatic rings. The predicted octanol–water partition coefficient (Wildman–Crippen LogP) is 3.23. The molecule has 3 heteroatoms. The predicted molar refractivity (Wildman–Crippen MR) is 88.3 cm³/mol. The van der Waals surface area contributed by atoms with Crippen molar-refractivity contribution in [1.82, 2.24) is 5.32 Å². The normalized spacial score (nSPS) is 25.3. The molecule has 2 atom stereocenters. The first-order valence-electron chi connectivity index (χ1n) is 8.55. The van der Waals surface area contributed by atoms with Gasteiger partial charge in [-0.1, -0.05) is 13.0 Å². The summed E-state index contributed by atoms with van der Waals surface area (Å²) < 4.78 is 6.10. The van der Waals surface area contributed by atoms with Crippen LogP contribution in [0, 0.1) is 5.92 Å². The van der Waals surface area contributed by atoms with Gasteiger partial charge in [0.05, 0.1) is 12.2 Å². The van der Waals surface area contributed by atoms with Crippen molar-refractivity contribution in [2.75, 3.05) is 31.1 Å². The van der Waals surface area contributed by atoms with E-state index in [4.69, 9.17) is 4.74 Å².